The molecule has 0 radical (unpaired) electrons. The molecule has 1 saturated carbocycles. The van der Waals surface area contributed by atoms with Crippen molar-refractivity contribution in [3.63, 3.8) is 0 Å². The first kappa shape index (κ1) is 13.9. The van der Waals surface area contributed by atoms with Crippen molar-refractivity contribution in [2.24, 2.45) is 5.41 Å². The summed E-state index contributed by atoms with van der Waals surface area (Å²) >= 11 is 0. The summed E-state index contributed by atoms with van der Waals surface area (Å²) < 4.78 is 0. The van der Waals surface area contributed by atoms with Crippen LogP contribution in [0.25, 0.3) is 0 Å². The van der Waals surface area contributed by atoms with Crippen molar-refractivity contribution < 1.29 is 14.7 Å². The van der Waals surface area contributed by atoms with Gasteiger partial charge in [0.2, 0.25) is 5.91 Å². The minimum Gasteiger partial charge on any atom is -0.481 e. The second-order valence-electron chi connectivity index (χ2n) is 6.07. The molecular formula is C16H20N2O3. The number of rotatable bonds is 4. The zero-order valence-corrected chi connectivity index (χ0v) is 11.9. The Morgan fingerprint density at radius 2 is 2.00 bits per heavy atom. The van der Waals surface area contributed by atoms with Crippen LogP contribution in [0.4, 0.5) is 5.69 Å². The highest BCUT2D eigenvalue weighted by Crippen LogP contribution is 2.37. The molecule has 0 unspecified atom stereocenters. The second-order valence-corrected chi connectivity index (χ2v) is 6.07. The average Bonchev–Trinajstić information content (AvgIpc) is 3.12. The predicted octanol–water partition coefficient (Wildman–Crippen LogP) is 1.78. The molecule has 21 heavy (non-hydrogen) atoms. The van der Waals surface area contributed by atoms with Crippen LogP contribution < -0.4 is 10.6 Å². The molecule has 1 amide bonds. The largest absolute Gasteiger partial charge is 0.481 e. The van der Waals surface area contributed by atoms with Gasteiger partial charge in [-0.3, -0.25) is 9.59 Å². The van der Waals surface area contributed by atoms with Crippen molar-refractivity contribution in [2.45, 2.75) is 38.1 Å². The molecule has 1 fully saturated rings. The van der Waals surface area contributed by atoms with Crippen LogP contribution in [0.1, 0.15) is 31.2 Å². The van der Waals surface area contributed by atoms with Crippen LogP contribution in [0, 0.1) is 5.41 Å². The monoisotopic (exact) mass is 288 g/mol. The molecule has 0 saturated heterocycles. The highest BCUT2D eigenvalue weighted by molar-refractivity contribution is 5.88. The third-order valence-electron chi connectivity index (χ3n) is 4.70. The van der Waals surface area contributed by atoms with E-state index in [1.165, 1.54) is 0 Å². The number of carbonyl (C=O) groups is 2. The van der Waals surface area contributed by atoms with Gasteiger partial charge in [0, 0.05) is 18.7 Å². The van der Waals surface area contributed by atoms with E-state index in [1.807, 2.05) is 24.3 Å². The van der Waals surface area contributed by atoms with Crippen molar-refractivity contribution in [1.82, 2.24) is 5.32 Å². The lowest BCUT2D eigenvalue weighted by atomic mass is 9.86. The molecule has 2 aliphatic rings. The van der Waals surface area contributed by atoms with Crippen molar-refractivity contribution in [3.8, 4) is 0 Å². The molecule has 1 aliphatic carbocycles. The molecule has 3 rings (SSSR count). The molecule has 5 nitrogen and oxygen atoms in total. The minimum atomic E-state index is -0.789. The fourth-order valence-electron chi connectivity index (χ4n) is 3.35. The number of anilines is 1. The zero-order valence-electron chi connectivity index (χ0n) is 11.9. The number of carboxylic acids is 1. The SMILES string of the molecule is O=C(NCC1(C(=O)O)CCCC1)[C@@H]1Cc2ccccc2N1. The third-order valence-corrected chi connectivity index (χ3v) is 4.70. The summed E-state index contributed by atoms with van der Waals surface area (Å²) in [5.41, 5.74) is 1.36. The maximum atomic E-state index is 12.3. The number of aliphatic carboxylic acids is 1. The summed E-state index contributed by atoms with van der Waals surface area (Å²) in [5.74, 6) is -0.901. The number of hydrogen-bond acceptors (Lipinski definition) is 3. The lowest BCUT2D eigenvalue weighted by Crippen LogP contribution is -2.46. The average molecular weight is 288 g/mol. The molecule has 0 aromatic heterocycles. The second kappa shape index (κ2) is 5.39. The summed E-state index contributed by atoms with van der Waals surface area (Å²) in [7, 11) is 0. The van der Waals surface area contributed by atoms with E-state index in [-0.39, 0.29) is 18.5 Å². The van der Waals surface area contributed by atoms with E-state index in [0.29, 0.717) is 19.3 Å². The van der Waals surface area contributed by atoms with E-state index in [0.717, 1.165) is 24.1 Å². The molecule has 3 N–H and O–H groups in total. The molecule has 1 aliphatic heterocycles. The summed E-state index contributed by atoms with van der Waals surface area (Å²) in [4.78, 5) is 23.7. The first-order chi connectivity index (χ1) is 10.1. The summed E-state index contributed by atoms with van der Waals surface area (Å²) in [6.45, 7) is 0.232. The van der Waals surface area contributed by atoms with Crippen molar-refractivity contribution >= 4 is 17.6 Å². The topological polar surface area (TPSA) is 78.4 Å². The summed E-state index contributed by atoms with van der Waals surface area (Å²) in [5, 5.41) is 15.5. The van der Waals surface area contributed by atoms with Gasteiger partial charge in [-0.15, -0.1) is 0 Å². The number of hydrogen-bond donors (Lipinski definition) is 3. The normalized spacial score (nSPS) is 22.4. The fourth-order valence-corrected chi connectivity index (χ4v) is 3.35. The van der Waals surface area contributed by atoms with Gasteiger partial charge < -0.3 is 15.7 Å². The van der Waals surface area contributed by atoms with Gasteiger partial charge >= 0.3 is 5.97 Å². The molecule has 1 aromatic rings. The highest BCUT2D eigenvalue weighted by Gasteiger charge is 2.42. The van der Waals surface area contributed by atoms with Gasteiger partial charge in [0.05, 0.1) is 5.41 Å². The molecule has 0 spiro atoms. The Morgan fingerprint density at radius 1 is 1.29 bits per heavy atom. The fraction of sp³-hybridized carbons (Fsp3) is 0.500. The van der Waals surface area contributed by atoms with E-state index in [1.54, 1.807) is 0 Å². The van der Waals surface area contributed by atoms with Gasteiger partial charge in [0.1, 0.15) is 6.04 Å². The van der Waals surface area contributed by atoms with Crippen molar-refractivity contribution in [3.05, 3.63) is 29.8 Å². The van der Waals surface area contributed by atoms with Crippen molar-refractivity contribution in [1.29, 1.82) is 0 Å². The van der Waals surface area contributed by atoms with E-state index >= 15 is 0 Å². The van der Waals surface area contributed by atoms with E-state index in [9.17, 15) is 14.7 Å². The first-order valence-electron chi connectivity index (χ1n) is 7.46. The lowest BCUT2D eigenvalue weighted by molar-refractivity contribution is -0.148. The highest BCUT2D eigenvalue weighted by atomic mass is 16.4. The van der Waals surface area contributed by atoms with Crippen LogP contribution in [0.2, 0.25) is 0 Å². The standard InChI is InChI=1S/C16H20N2O3/c19-14(13-9-11-5-1-2-6-12(11)18-13)17-10-16(15(20)21)7-3-4-8-16/h1-2,5-6,13,18H,3-4,7-10H2,(H,17,19)(H,20,21)/t13-/m0/s1. The van der Waals surface area contributed by atoms with Gasteiger partial charge in [-0.2, -0.15) is 0 Å². The van der Waals surface area contributed by atoms with Gasteiger partial charge in [0.25, 0.3) is 0 Å². The maximum absolute atomic E-state index is 12.3. The smallest absolute Gasteiger partial charge is 0.311 e. The lowest BCUT2D eigenvalue weighted by Gasteiger charge is -2.25. The zero-order chi connectivity index (χ0) is 14.9. The minimum absolute atomic E-state index is 0.112. The maximum Gasteiger partial charge on any atom is 0.311 e. The Bertz CT molecular complexity index is 539. The number of fused-ring (bicyclic) bond motifs is 1. The van der Waals surface area contributed by atoms with E-state index in [2.05, 4.69) is 10.6 Å². The Morgan fingerprint density at radius 3 is 2.67 bits per heavy atom. The number of carboxylic acid groups (broad SMARTS) is 1. The predicted molar refractivity (Wildman–Crippen MR) is 79.1 cm³/mol. The van der Waals surface area contributed by atoms with Gasteiger partial charge in [-0.25, -0.2) is 0 Å². The molecular weight excluding hydrogens is 268 g/mol. The van der Waals surface area contributed by atoms with Crippen LogP contribution in [0.5, 0.6) is 0 Å². The van der Waals surface area contributed by atoms with Crippen LogP contribution in [-0.2, 0) is 16.0 Å². The first-order valence-corrected chi connectivity index (χ1v) is 7.46. The molecule has 1 heterocycles. The molecule has 5 heteroatoms. The van der Waals surface area contributed by atoms with Crippen molar-refractivity contribution in [2.75, 3.05) is 11.9 Å². The molecule has 1 aromatic carbocycles. The molecule has 1 atom stereocenters. The van der Waals surface area contributed by atoms with E-state index < -0.39 is 11.4 Å². The third kappa shape index (κ3) is 2.60. The Labute approximate surface area is 123 Å². The number of carbonyl (C=O) groups excluding carboxylic acids is 1. The summed E-state index contributed by atoms with van der Waals surface area (Å²) in [6, 6.07) is 7.56. The van der Waals surface area contributed by atoms with Crippen LogP contribution in [-0.4, -0.2) is 29.6 Å². The Kier molecular flexibility index (Phi) is 3.57. The number of para-hydroxylation sites is 1. The Balaban J connectivity index is 1.59. The molecule has 0 bridgehead atoms. The Hall–Kier alpha value is -2.04. The van der Waals surface area contributed by atoms with Gasteiger partial charge in [-0.05, 0) is 24.5 Å². The van der Waals surface area contributed by atoms with E-state index in [4.69, 9.17) is 0 Å². The number of benzene rings is 1. The number of amides is 1. The number of nitrogens with one attached hydrogen (secondary N) is 2. The van der Waals surface area contributed by atoms with Gasteiger partial charge in [-0.1, -0.05) is 31.0 Å². The van der Waals surface area contributed by atoms with Crippen LogP contribution in [0.3, 0.4) is 0 Å². The summed E-state index contributed by atoms with van der Waals surface area (Å²) in [6.07, 6.45) is 3.81. The molecule has 112 valence electrons. The quantitative estimate of drug-likeness (QED) is 0.789. The van der Waals surface area contributed by atoms with Crippen LogP contribution >= 0.6 is 0 Å². The van der Waals surface area contributed by atoms with Gasteiger partial charge in [0.15, 0.2) is 0 Å². The van der Waals surface area contributed by atoms with Crippen LogP contribution in [0.15, 0.2) is 24.3 Å².